The van der Waals surface area contributed by atoms with Crippen molar-refractivity contribution in [3.05, 3.63) is 24.3 Å². The number of hydrogen-bond acceptors (Lipinski definition) is 2. The first-order chi connectivity index (χ1) is 9.80. The first-order valence-corrected chi connectivity index (χ1v) is 6.72. The highest BCUT2D eigenvalue weighted by Crippen LogP contribution is 2.23. The van der Waals surface area contributed by atoms with E-state index < -0.39 is 12.6 Å². The van der Waals surface area contributed by atoms with Crippen molar-refractivity contribution in [1.82, 2.24) is 5.32 Å². The molecule has 4 nitrogen and oxygen atoms in total. The molecule has 1 unspecified atom stereocenters. The molecule has 0 bridgehead atoms. The summed E-state index contributed by atoms with van der Waals surface area (Å²) < 4.78 is 36.2. The van der Waals surface area contributed by atoms with Crippen molar-refractivity contribution in [2.24, 2.45) is 0 Å². The number of rotatable bonds is 6. The van der Waals surface area contributed by atoms with Crippen LogP contribution >= 0.6 is 0 Å². The number of carbonyl (C=O) groups is 1. The van der Waals surface area contributed by atoms with Crippen molar-refractivity contribution < 1.29 is 18.0 Å². The Bertz CT molecular complexity index is 446. The molecule has 0 saturated heterocycles. The fourth-order valence-corrected chi connectivity index (χ4v) is 1.81. The Morgan fingerprint density at radius 2 is 1.76 bits per heavy atom. The van der Waals surface area contributed by atoms with Gasteiger partial charge in [-0.2, -0.15) is 13.2 Å². The lowest BCUT2D eigenvalue weighted by Gasteiger charge is -2.16. The van der Waals surface area contributed by atoms with Gasteiger partial charge in [-0.05, 0) is 44.0 Å². The molecule has 3 N–H and O–H groups in total. The van der Waals surface area contributed by atoms with E-state index in [0.29, 0.717) is 12.1 Å². The summed E-state index contributed by atoms with van der Waals surface area (Å²) in [6, 6.07) is 6.62. The van der Waals surface area contributed by atoms with Crippen LogP contribution in [0.15, 0.2) is 24.3 Å². The number of hydrogen-bond donors (Lipinski definition) is 3. The molecular formula is C14H20F3N3O. The molecule has 0 aliphatic rings. The van der Waals surface area contributed by atoms with Gasteiger partial charge in [-0.25, -0.2) is 4.79 Å². The van der Waals surface area contributed by atoms with Gasteiger partial charge in [-0.1, -0.05) is 0 Å². The summed E-state index contributed by atoms with van der Waals surface area (Å²) in [5, 5.41) is 8.19. The zero-order chi connectivity index (χ0) is 15.9. The first kappa shape index (κ1) is 17.1. The lowest BCUT2D eigenvalue weighted by Crippen LogP contribution is -2.24. The van der Waals surface area contributed by atoms with E-state index in [1.807, 2.05) is 6.92 Å². The molecule has 7 heteroatoms. The standard InChI is InChI=1S/C14H20F3N3O/c1-10(4-3-9-14(15,16)17)19-11-5-7-12(8-6-11)20-13(21)18-2/h5-8,10,19H,3-4,9H2,1-2H3,(H2,18,20,21). The van der Waals surface area contributed by atoms with Crippen LogP contribution in [0.4, 0.5) is 29.3 Å². The van der Waals surface area contributed by atoms with Crippen LogP contribution in [-0.2, 0) is 0 Å². The molecule has 2 amide bonds. The molecular weight excluding hydrogens is 283 g/mol. The van der Waals surface area contributed by atoms with Crippen LogP contribution in [0.5, 0.6) is 0 Å². The van der Waals surface area contributed by atoms with Gasteiger partial charge in [0.2, 0.25) is 0 Å². The van der Waals surface area contributed by atoms with Crippen LogP contribution < -0.4 is 16.0 Å². The van der Waals surface area contributed by atoms with Crippen LogP contribution in [0.2, 0.25) is 0 Å². The number of carbonyl (C=O) groups excluding carboxylic acids is 1. The highest BCUT2D eigenvalue weighted by atomic mass is 19.4. The Kier molecular flexibility index (Phi) is 6.33. The Balaban J connectivity index is 2.39. The SMILES string of the molecule is CNC(=O)Nc1ccc(NC(C)CCCC(F)(F)F)cc1. The molecule has 0 heterocycles. The van der Waals surface area contributed by atoms with Gasteiger partial charge in [0.25, 0.3) is 0 Å². The predicted molar refractivity (Wildman–Crippen MR) is 77.5 cm³/mol. The van der Waals surface area contributed by atoms with Gasteiger partial charge < -0.3 is 16.0 Å². The lowest BCUT2D eigenvalue weighted by atomic mass is 10.1. The Hall–Kier alpha value is -1.92. The average Bonchev–Trinajstić information content (AvgIpc) is 2.39. The number of nitrogens with one attached hydrogen (secondary N) is 3. The van der Waals surface area contributed by atoms with Crippen molar-refractivity contribution in [3.8, 4) is 0 Å². The summed E-state index contributed by atoms with van der Waals surface area (Å²) in [7, 11) is 1.52. The van der Waals surface area contributed by atoms with Crippen LogP contribution in [0.1, 0.15) is 26.2 Å². The monoisotopic (exact) mass is 303 g/mol. The molecule has 118 valence electrons. The number of amides is 2. The Labute approximate surface area is 122 Å². The van der Waals surface area contributed by atoms with Crippen LogP contribution in [0.3, 0.4) is 0 Å². The zero-order valence-corrected chi connectivity index (χ0v) is 12.1. The number of alkyl halides is 3. The van der Waals surface area contributed by atoms with E-state index in [1.165, 1.54) is 7.05 Å². The van der Waals surface area contributed by atoms with Gasteiger partial charge in [0, 0.05) is 30.9 Å². The second-order valence-corrected chi connectivity index (χ2v) is 4.83. The van der Waals surface area contributed by atoms with Gasteiger partial charge in [0.15, 0.2) is 0 Å². The molecule has 0 spiro atoms. The van der Waals surface area contributed by atoms with E-state index in [1.54, 1.807) is 24.3 Å². The number of anilines is 2. The zero-order valence-electron chi connectivity index (χ0n) is 12.1. The second-order valence-electron chi connectivity index (χ2n) is 4.83. The average molecular weight is 303 g/mol. The van der Waals surface area contributed by atoms with E-state index in [0.717, 1.165) is 5.69 Å². The summed E-state index contributed by atoms with van der Waals surface area (Å²) in [5.41, 5.74) is 1.45. The number of urea groups is 1. The minimum Gasteiger partial charge on any atom is -0.383 e. The molecule has 0 radical (unpaired) electrons. The molecule has 0 aromatic heterocycles. The molecule has 21 heavy (non-hydrogen) atoms. The lowest BCUT2D eigenvalue weighted by molar-refractivity contribution is -0.135. The van der Waals surface area contributed by atoms with Crippen molar-refractivity contribution in [3.63, 3.8) is 0 Å². The molecule has 1 rings (SSSR count). The summed E-state index contributed by atoms with van der Waals surface area (Å²) in [4.78, 5) is 11.1. The number of benzene rings is 1. The van der Waals surface area contributed by atoms with Crippen molar-refractivity contribution >= 4 is 17.4 Å². The Morgan fingerprint density at radius 1 is 1.19 bits per heavy atom. The van der Waals surface area contributed by atoms with Crippen molar-refractivity contribution in [1.29, 1.82) is 0 Å². The maximum atomic E-state index is 12.1. The molecule has 0 saturated carbocycles. The van der Waals surface area contributed by atoms with Crippen molar-refractivity contribution in [2.45, 2.75) is 38.4 Å². The number of halogens is 3. The summed E-state index contributed by atoms with van der Waals surface area (Å²) in [6.45, 7) is 1.84. The topological polar surface area (TPSA) is 53.2 Å². The van der Waals surface area contributed by atoms with E-state index in [-0.39, 0.29) is 18.5 Å². The van der Waals surface area contributed by atoms with Gasteiger partial charge in [0.1, 0.15) is 0 Å². The molecule has 1 aromatic carbocycles. The van der Waals surface area contributed by atoms with Gasteiger partial charge in [-0.3, -0.25) is 0 Å². The Morgan fingerprint density at radius 3 is 2.29 bits per heavy atom. The van der Waals surface area contributed by atoms with Crippen LogP contribution in [0, 0.1) is 0 Å². The fraction of sp³-hybridized carbons (Fsp3) is 0.500. The summed E-state index contributed by atoms with van der Waals surface area (Å²) >= 11 is 0. The highest BCUT2D eigenvalue weighted by Gasteiger charge is 2.26. The third-order valence-corrected chi connectivity index (χ3v) is 2.88. The fourth-order valence-electron chi connectivity index (χ4n) is 1.81. The maximum Gasteiger partial charge on any atom is 0.389 e. The molecule has 0 aliphatic heterocycles. The maximum absolute atomic E-state index is 12.1. The van der Waals surface area contributed by atoms with Crippen molar-refractivity contribution in [2.75, 3.05) is 17.7 Å². The van der Waals surface area contributed by atoms with E-state index in [2.05, 4.69) is 16.0 Å². The quantitative estimate of drug-likeness (QED) is 0.745. The smallest absolute Gasteiger partial charge is 0.383 e. The van der Waals surface area contributed by atoms with Gasteiger partial charge in [0.05, 0.1) is 0 Å². The van der Waals surface area contributed by atoms with E-state index in [4.69, 9.17) is 0 Å². The van der Waals surface area contributed by atoms with Crippen LogP contribution in [0.25, 0.3) is 0 Å². The second kappa shape index (κ2) is 7.75. The molecule has 1 aromatic rings. The largest absolute Gasteiger partial charge is 0.389 e. The predicted octanol–water partition coefficient (Wildman–Crippen LogP) is 3.97. The minimum absolute atomic E-state index is 0.0508. The van der Waals surface area contributed by atoms with Gasteiger partial charge >= 0.3 is 12.2 Å². The first-order valence-electron chi connectivity index (χ1n) is 6.72. The third-order valence-electron chi connectivity index (χ3n) is 2.88. The molecule has 0 fully saturated rings. The van der Waals surface area contributed by atoms with E-state index >= 15 is 0 Å². The van der Waals surface area contributed by atoms with E-state index in [9.17, 15) is 18.0 Å². The molecule has 1 atom stereocenters. The summed E-state index contributed by atoms with van der Waals surface area (Å²) in [6.07, 6.45) is -4.30. The normalized spacial score (nSPS) is 12.6. The highest BCUT2D eigenvalue weighted by molar-refractivity contribution is 5.89. The van der Waals surface area contributed by atoms with Crippen LogP contribution in [-0.4, -0.2) is 25.3 Å². The third kappa shape index (κ3) is 7.43. The minimum atomic E-state index is -4.09. The summed E-state index contributed by atoms with van der Waals surface area (Å²) in [5.74, 6) is 0. The molecule has 0 aliphatic carbocycles. The van der Waals surface area contributed by atoms with Gasteiger partial charge in [-0.15, -0.1) is 0 Å².